The minimum Gasteiger partial charge on any atom is -0.363 e. The van der Waals surface area contributed by atoms with Crippen molar-refractivity contribution >= 4 is 17.7 Å². The molecule has 1 aliphatic rings. The van der Waals surface area contributed by atoms with Crippen LogP contribution < -0.4 is 5.32 Å². The predicted octanol–water partition coefficient (Wildman–Crippen LogP) is 2.01. The number of anilines is 1. The molecule has 5 nitrogen and oxygen atoms in total. The molecule has 2 aromatic rings. The molecule has 1 amide bonds. The van der Waals surface area contributed by atoms with E-state index in [1.165, 1.54) is 0 Å². The number of carbonyl (C=O) groups is 1. The van der Waals surface area contributed by atoms with E-state index in [0.29, 0.717) is 12.4 Å². The highest BCUT2D eigenvalue weighted by Crippen LogP contribution is 2.13. The van der Waals surface area contributed by atoms with Gasteiger partial charge in [-0.05, 0) is 18.2 Å². The quantitative estimate of drug-likeness (QED) is 0.892. The van der Waals surface area contributed by atoms with E-state index in [1.807, 2.05) is 59.1 Å². The van der Waals surface area contributed by atoms with Crippen LogP contribution in [0.3, 0.4) is 0 Å². The molecule has 0 saturated heterocycles. The SMILES string of the molecule is CN1C=Cc2nc(C(=O)Nc3ccccc3)cn2C1. The fourth-order valence-electron chi connectivity index (χ4n) is 1.98. The van der Waals surface area contributed by atoms with E-state index >= 15 is 0 Å². The number of carbonyl (C=O) groups excluding carboxylic acids is 1. The van der Waals surface area contributed by atoms with E-state index in [2.05, 4.69) is 10.3 Å². The molecule has 0 fully saturated rings. The van der Waals surface area contributed by atoms with Crippen molar-refractivity contribution in [1.82, 2.24) is 14.5 Å². The van der Waals surface area contributed by atoms with E-state index in [-0.39, 0.29) is 5.91 Å². The summed E-state index contributed by atoms with van der Waals surface area (Å²) in [6, 6.07) is 9.37. The zero-order valence-corrected chi connectivity index (χ0v) is 10.6. The smallest absolute Gasteiger partial charge is 0.275 e. The highest BCUT2D eigenvalue weighted by Gasteiger charge is 2.15. The first-order valence-corrected chi connectivity index (χ1v) is 6.04. The van der Waals surface area contributed by atoms with Gasteiger partial charge < -0.3 is 14.8 Å². The van der Waals surface area contributed by atoms with Crippen molar-refractivity contribution in [1.29, 1.82) is 0 Å². The molecule has 1 aromatic heterocycles. The van der Waals surface area contributed by atoms with Gasteiger partial charge in [-0.2, -0.15) is 0 Å². The molecule has 3 rings (SSSR count). The van der Waals surface area contributed by atoms with E-state index in [1.54, 1.807) is 6.20 Å². The summed E-state index contributed by atoms with van der Waals surface area (Å²) in [5.74, 6) is 0.612. The number of hydrogen-bond donors (Lipinski definition) is 1. The lowest BCUT2D eigenvalue weighted by Crippen LogP contribution is -2.19. The third-order valence-electron chi connectivity index (χ3n) is 2.93. The van der Waals surface area contributed by atoms with Crippen molar-refractivity contribution < 1.29 is 4.79 Å². The number of fused-ring (bicyclic) bond motifs is 1. The van der Waals surface area contributed by atoms with Crippen LogP contribution >= 0.6 is 0 Å². The Kier molecular flexibility index (Phi) is 2.79. The van der Waals surface area contributed by atoms with Crippen LogP contribution in [-0.2, 0) is 6.67 Å². The second-order valence-corrected chi connectivity index (χ2v) is 4.49. The predicted molar refractivity (Wildman–Crippen MR) is 73.4 cm³/mol. The van der Waals surface area contributed by atoms with Crippen LogP contribution in [0.4, 0.5) is 5.69 Å². The molecule has 19 heavy (non-hydrogen) atoms. The number of hydrogen-bond acceptors (Lipinski definition) is 3. The number of nitrogens with one attached hydrogen (secondary N) is 1. The van der Waals surface area contributed by atoms with Gasteiger partial charge in [0.1, 0.15) is 11.5 Å². The molecule has 0 unspecified atom stereocenters. The molecule has 1 aliphatic heterocycles. The lowest BCUT2D eigenvalue weighted by Gasteiger charge is -2.19. The second-order valence-electron chi connectivity index (χ2n) is 4.49. The molecule has 0 radical (unpaired) electrons. The maximum atomic E-state index is 12.1. The number of imidazole rings is 1. The topological polar surface area (TPSA) is 50.2 Å². The van der Waals surface area contributed by atoms with Gasteiger partial charge in [-0.3, -0.25) is 4.79 Å². The number of para-hydroxylation sites is 1. The maximum absolute atomic E-state index is 12.1. The minimum atomic E-state index is -0.191. The average molecular weight is 254 g/mol. The Balaban J connectivity index is 1.80. The van der Waals surface area contributed by atoms with E-state index in [0.717, 1.165) is 11.5 Å². The number of nitrogens with zero attached hydrogens (tertiary/aromatic N) is 3. The molecule has 2 heterocycles. The van der Waals surface area contributed by atoms with Crippen molar-refractivity contribution in [2.24, 2.45) is 0 Å². The Hall–Kier alpha value is -2.56. The van der Waals surface area contributed by atoms with Crippen LogP contribution in [0, 0.1) is 0 Å². The molecule has 0 aliphatic carbocycles. The molecule has 0 spiro atoms. The summed E-state index contributed by atoms with van der Waals surface area (Å²) in [4.78, 5) is 18.4. The Morgan fingerprint density at radius 1 is 1.32 bits per heavy atom. The Bertz CT molecular complexity index is 630. The third-order valence-corrected chi connectivity index (χ3v) is 2.93. The van der Waals surface area contributed by atoms with Crippen LogP contribution in [0.5, 0.6) is 0 Å². The van der Waals surface area contributed by atoms with Crippen LogP contribution in [0.25, 0.3) is 6.08 Å². The van der Waals surface area contributed by atoms with Gasteiger partial charge in [0.25, 0.3) is 5.91 Å². The van der Waals surface area contributed by atoms with Crippen molar-refractivity contribution in [2.45, 2.75) is 6.67 Å². The Morgan fingerprint density at radius 3 is 2.89 bits per heavy atom. The van der Waals surface area contributed by atoms with Crippen molar-refractivity contribution in [3.05, 3.63) is 54.2 Å². The summed E-state index contributed by atoms with van der Waals surface area (Å²) in [7, 11) is 1.98. The Morgan fingerprint density at radius 2 is 2.11 bits per heavy atom. The number of amides is 1. The van der Waals surface area contributed by atoms with Crippen LogP contribution in [-0.4, -0.2) is 27.4 Å². The minimum absolute atomic E-state index is 0.191. The molecule has 96 valence electrons. The number of rotatable bonds is 2. The van der Waals surface area contributed by atoms with Gasteiger partial charge in [0.05, 0.1) is 6.67 Å². The highest BCUT2D eigenvalue weighted by atomic mass is 16.1. The van der Waals surface area contributed by atoms with Crippen LogP contribution in [0.15, 0.2) is 42.7 Å². The van der Waals surface area contributed by atoms with E-state index < -0.39 is 0 Å². The highest BCUT2D eigenvalue weighted by molar-refractivity contribution is 6.02. The molecule has 1 N–H and O–H groups in total. The lowest BCUT2D eigenvalue weighted by molar-refractivity contribution is 0.102. The van der Waals surface area contributed by atoms with Crippen LogP contribution in [0.2, 0.25) is 0 Å². The van der Waals surface area contributed by atoms with Gasteiger partial charge in [-0.15, -0.1) is 0 Å². The number of benzene rings is 1. The lowest BCUT2D eigenvalue weighted by atomic mass is 10.3. The molecular weight excluding hydrogens is 240 g/mol. The largest absolute Gasteiger partial charge is 0.363 e. The van der Waals surface area contributed by atoms with Gasteiger partial charge in [-0.1, -0.05) is 18.2 Å². The molecule has 5 heteroatoms. The summed E-state index contributed by atoms with van der Waals surface area (Å²) in [5, 5.41) is 2.83. The van der Waals surface area contributed by atoms with Crippen molar-refractivity contribution in [3.8, 4) is 0 Å². The van der Waals surface area contributed by atoms with Gasteiger partial charge in [0, 0.05) is 25.1 Å². The summed E-state index contributed by atoms with van der Waals surface area (Å²) in [6.45, 7) is 0.706. The van der Waals surface area contributed by atoms with Gasteiger partial charge in [0.15, 0.2) is 0 Å². The van der Waals surface area contributed by atoms with Crippen molar-refractivity contribution in [2.75, 3.05) is 12.4 Å². The molecule has 0 atom stereocenters. The zero-order chi connectivity index (χ0) is 13.2. The molecule has 1 aromatic carbocycles. The van der Waals surface area contributed by atoms with Gasteiger partial charge in [0.2, 0.25) is 0 Å². The van der Waals surface area contributed by atoms with E-state index in [4.69, 9.17) is 0 Å². The standard InChI is InChI=1S/C14H14N4O/c1-17-8-7-13-16-12(9-18(13)10-17)14(19)15-11-5-3-2-4-6-11/h2-9H,10H2,1H3,(H,15,19). The first-order valence-electron chi connectivity index (χ1n) is 6.04. The van der Waals surface area contributed by atoms with Gasteiger partial charge >= 0.3 is 0 Å². The number of aromatic nitrogens is 2. The second kappa shape index (κ2) is 4.61. The third kappa shape index (κ3) is 2.35. The molecule has 0 saturated carbocycles. The first-order chi connectivity index (χ1) is 9.22. The summed E-state index contributed by atoms with van der Waals surface area (Å²) in [5.41, 5.74) is 1.20. The average Bonchev–Trinajstić information content (AvgIpc) is 2.83. The fourth-order valence-corrected chi connectivity index (χ4v) is 1.98. The summed E-state index contributed by atoms with van der Waals surface area (Å²) < 4.78 is 1.94. The first kappa shape index (κ1) is 11.5. The molecular formula is C14H14N4O. The normalized spacial score (nSPS) is 13.2. The van der Waals surface area contributed by atoms with Crippen molar-refractivity contribution in [3.63, 3.8) is 0 Å². The monoisotopic (exact) mass is 254 g/mol. The van der Waals surface area contributed by atoms with E-state index in [9.17, 15) is 4.79 Å². The summed E-state index contributed by atoms with van der Waals surface area (Å²) >= 11 is 0. The zero-order valence-electron chi connectivity index (χ0n) is 10.6. The molecule has 0 bridgehead atoms. The van der Waals surface area contributed by atoms with Gasteiger partial charge in [-0.25, -0.2) is 4.98 Å². The maximum Gasteiger partial charge on any atom is 0.275 e. The fraction of sp³-hybridized carbons (Fsp3) is 0.143. The summed E-state index contributed by atoms with van der Waals surface area (Å²) in [6.07, 6.45) is 5.61. The van der Waals surface area contributed by atoms with Crippen LogP contribution in [0.1, 0.15) is 16.3 Å². The Labute approximate surface area is 111 Å².